The average Bonchev–Trinajstić information content (AvgIpc) is 2.59. The zero-order valence-electron chi connectivity index (χ0n) is 15.8. The number of hydrogen-bond acceptors (Lipinski definition) is 7. The first-order valence-corrected chi connectivity index (χ1v) is 10.4. The highest BCUT2D eigenvalue weighted by atomic mass is 31.2. The zero-order valence-corrected chi connectivity index (χ0v) is 16.7. The molecule has 2 aliphatic rings. The summed E-state index contributed by atoms with van der Waals surface area (Å²) in [7, 11) is -4.59. The fourth-order valence-corrected chi connectivity index (χ4v) is 3.35. The van der Waals surface area contributed by atoms with Gasteiger partial charge in [-0.15, -0.1) is 0 Å². The van der Waals surface area contributed by atoms with Gasteiger partial charge >= 0.3 is 13.5 Å². The minimum atomic E-state index is -4.59. The predicted octanol–water partition coefficient (Wildman–Crippen LogP) is 0.452. The van der Waals surface area contributed by atoms with Crippen molar-refractivity contribution in [3.8, 4) is 11.5 Å². The lowest BCUT2D eigenvalue weighted by atomic mass is 10.1. The molecule has 0 saturated heterocycles. The van der Waals surface area contributed by atoms with Crippen LogP contribution in [0.5, 0.6) is 0 Å². The standard InChI is InChI=1S/C17H21N4O7P/c1-9-7-12-13(8-10(9)2)21(5-3-11(22)4-6-28-29(25,26)27)15-14(18-12)16(23)20-17(24)19-15/h7-8,11,22H,3-6H2,1-2H3,(H,20,23,24)(H2,25,26,27). The van der Waals surface area contributed by atoms with E-state index in [1.165, 1.54) is 0 Å². The molecule has 12 heteroatoms. The molecule has 0 amide bonds. The second-order valence-corrected chi connectivity index (χ2v) is 8.03. The lowest BCUT2D eigenvalue weighted by Gasteiger charge is -2.19. The van der Waals surface area contributed by atoms with Crippen molar-refractivity contribution in [2.75, 3.05) is 6.61 Å². The molecule has 0 fully saturated rings. The summed E-state index contributed by atoms with van der Waals surface area (Å²) in [5, 5.41) is 10.1. The van der Waals surface area contributed by atoms with Crippen LogP contribution >= 0.6 is 7.82 Å². The molecule has 2 aliphatic heterocycles. The number of phosphoric ester groups is 1. The van der Waals surface area contributed by atoms with Crippen molar-refractivity contribution in [3.63, 3.8) is 0 Å². The molecule has 1 aromatic rings. The summed E-state index contributed by atoms with van der Waals surface area (Å²) in [6.07, 6.45) is -0.738. The molecule has 11 nitrogen and oxygen atoms in total. The Hall–Kier alpha value is -2.43. The fraction of sp³-hybridized carbons (Fsp3) is 0.412. The van der Waals surface area contributed by atoms with Crippen molar-refractivity contribution in [2.45, 2.75) is 39.3 Å². The van der Waals surface area contributed by atoms with E-state index in [4.69, 9.17) is 9.79 Å². The van der Waals surface area contributed by atoms with Gasteiger partial charge in [0.15, 0.2) is 11.5 Å². The maximum absolute atomic E-state index is 12.2. The van der Waals surface area contributed by atoms with Crippen LogP contribution < -0.4 is 11.2 Å². The number of rotatable bonds is 7. The second kappa shape index (κ2) is 8.13. The van der Waals surface area contributed by atoms with Crippen LogP contribution in [-0.2, 0) is 15.6 Å². The number of aliphatic hydroxyl groups is 1. The van der Waals surface area contributed by atoms with Crippen molar-refractivity contribution in [1.82, 2.24) is 19.5 Å². The van der Waals surface area contributed by atoms with Gasteiger partial charge in [0.2, 0.25) is 0 Å². The first kappa shape index (κ1) is 21.3. The molecule has 1 unspecified atom stereocenters. The molecule has 0 aromatic heterocycles. The third-order valence-electron chi connectivity index (χ3n) is 4.62. The molecule has 4 N–H and O–H groups in total. The number of aliphatic hydroxyl groups excluding tert-OH is 1. The van der Waals surface area contributed by atoms with Crippen molar-refractivity contribution < 1.29 is 24.0 Å². The van der Waals surface area contributed by atoms with Gasteiger partial charge in [0.25, 0.3) is 5.56 Å². The van der Waals surface area contributed by atoms with Gasteiger partial charge in [-0.2, -0.15) is 4.98 Å². The maximum Gasteiger partial charge on any atom is 0.469 e. The van der Waals surface area contributed by atoms with Gasteiger partial charge in [-0.05, 0) is 49.9 Å². The molecule has 3 rings (SSSR count). The molecule has 0 radical (unpaired) electrons. The van der Waals surface area contributed by atoms with E-state index < -0.39 is 25.2 Å². The van der Waals surface area contributed by atoms with E-state index >= 15 is 0 Å². The van der Waals surface area contributed by atoms with Gasteiger partial charge in [-0.3, -0.25) is 14.3 Å². The number of benzene rings is 1. The summed E-state index contributed by atoms with van der Waals surface area (Å²) in [5.41, 5.74) is 1.73. The van der Waals surface area contributed by atoms with Gasteiger partial charge in [0, 0.05) is 6.54 Å². The molecule has 29 heavy (non-hydrogen) atoms. The molecule has 156 valence electrons. The van der Waals surface area contributed by atoms with Crippen molar-refractivity contribution >= 4 is 18.9 Å². The molecule has 0 saturated carbocycles. The van der Waals surface area contributed by atoms with Gasteiger partial charge in [0.05, 0.1) is 23.7 Å². The van der Waals surface area contributed by atoms with Crippen LogP contribution in [0.15, 0.2) is 21.7 Å². The lowest BCUT2D eigenvalue weighted by Crippen LogP contribution is -2.29. The number of fused-ring (bicyclic) bond motifs is 2. The summed E-state index contributed by atoms with van der Waals surface area (Å²) in [4.78, 5) is 51.7. The highest BCUT2D eigenvalue weighted by molar-refractivity contribution is 7.46. The Morgan fingerprint density at radius 2 is 1.86 bits per heavy atom. The smallest absolute Gasteiger partial charge is 0.393 e. The number of hydrogen-bond donors (Lipinski definition) is 4. The molecular formula is C17H21N4O7P. The van der Waals surface area contributed by atoms with Crippen molar-refractivity contribution in [3.05, 3.63) is 44.1 Å². The molecule has 1 aromatic carbocycles. The summed E-state index contributed by atoms with van der Waals surface area (Å²) >= 11 is 0. The minimum Gasteiger partial charge on any atom is -0.393 e. The molecule has 0 bridgehead atoms. The Morgan fingerprint density at radius 3 is 2.55 bits per heavy atom. The van der Waals surface area contributed by atoms with Crippen LogP contribution in [0.3, 0.4) is 0 Å². The lowest BCUT2D eigenvalue weighted by molar-refractivity contribution is 0.113. The summed E-state index contributed by atoms with van der Waals surface area (Å²) in [5.74, 6) is 0.105. The van der Waals surface area contributed by atoms with Gasteiger partial charge in [-0.1, -0.05) is 0 Å². The zero-order chi connectivity index (χ0) is 21.3. The summed E-state index contributed by atoms with van der Waals surface area (Å²) in [6.45, 7) is 3.72. The number of nitrogens with zero attached hydrogens (tertiary/aromatic N) is 3. The highest BCUT2D eigenvalue weighted by Gasteiger charge is 2.20. The van der Waals surface area contributed by atoms with E-state index in [1.54, 1.807) is 4.57 Å². The van der Waals surface area contributed by atoms with E-state index in [9.17, 15) is 19.3 Å². The first-order chi connectivity index (χ1) is 13.5. The Kier molecular flexibility index (Phi) is 5.97. The second-order valence-electron chi connectivity index (χ2n) is 6.79. The van der Waals surface area contributed by atoms with Gasteiger partial charge < -0.3 is 19.5 Å². The van der Waals surface area contributed by atoms with E-state index in [1.807, 2.05) is 26.0 Å². The van der Waals surface area contributed by atoms with E-state index in [2.05, 4.69) is 19.5 Å². The van der Waals surface area contributed by atoms with Crippen LogP contribution in [-0.4, -0.2) is 47.1 Å². The molecule has 1 atom stereocenters. The topological polar surface area (TPSA) is 168 Å². The SMILES string of the molecule is Cc1cc2nc3c(=O)[nH]c(=O)nc-3n(CCC(O)CCOP(=O)(O)O)c2cc1C. The largest absolute Gasteiger partial charge is 0.469 e. The Labute approximate surface area is 164 Å². The maximum atomic E-state index is 12.2. The van der Waals surface area contributed by atoms with Crippen LogP contribution in [0, 0.1) is 13.8 Å². The Balaban J connectivity index is 1.98. The predicted molar refractivity (Wildman–Crippen MR) is 104 cm³/mol. The van der Waals surface area contributed by atoms with Crippen LogP contribution in [0.25, 0.3) is 22.6 Å². The van der Waals surface area contributed by atoms with Gasteiger partial charge in [-0.25, -0.2) is 14.3 Å². The average molecular weight is 424 g/mol. The Bertz CT molecular complexity index is 1180. The third-order valence-corrected chi connectivity index (χ3v) is 5.14. The summed E-state index contributed by atoms with van der Waals surface area (Å²) < 4.78 is 16.7. The third kappa shape index (κ3) is 4.95. The highest BCUT2D eigenvalue weighted by Crippen LogP contribution is 2.35. The van der Waals surface area contributed by atoms with Crippen LogP contribution in [0.2, 0.25) is 0 Å². The fourth-order valence-electron chi connectivity index (χ4n) is 3.01. The van der Waals surface area contributed by atoms with E-state index in [0.29, 0.717) is 11.0 Å². The minimum absolute atomic E-state index is 0.00553. The molecule has 2 heterocycles. The van der Waals surface area contributed by atoms with Crippen LogP contribution in [0.1, 0.15) is 24.0 Å². The van der Waals surface area contributed by atoms with Crippen LogP contribution in [0.4, 0.5) is 0 Å². The molecule has 0 aliphatic carbocycles. The quantitative estimate of drug-likeness (QED) is 0.311. The first-order valence-electron chi connectivity index (χ1n) is 8.85. The number of aromatic amines is 1. The molecule has 0 spiro atoms. The monoisotopic (exact) mass is 424 g/mol. The number of H-pyrrole nitrogens is 1. The number of aryl methyl sites for hydroxylation is 3. The normalized spacial score (nSPS) is 13.3. The number of aromatic nitrogens is 4. The van der Waals surface area contributed by atoms with Crippen molar-refractivity contribution in [2.24, 2.45) is 0 Å². The Morgan fingerprint density at radius 1 is 1.17 bits per heavy atom. The van der Waals surface area contributed by atoms with E-state index in [0.717, 1.165) is 11.1 Å². The molecular weight excluding hydrogens is 403 g/mol. The summed E-state index contributed by atoms with van der Waals surface area (Å²) in [6, 6.07) is 3.70. The van der Waals surface area contributed by atoms with Gasteiger partial charge in [0.1, 0.15) is 0 Å². The number of phosphoric acid groups is 1. The van der Waals surface area contributed by atoms with Crippen molar-refractivity contribution in [1.29, 1.82) is 0 Å². The van der Waals surface area contributed by atoms with E-state index in [-0.39, 0.29) is 37.5 Å². The number of nitrogens with one attached hydrogen (secondary N) is 1.